The van der Waals surface area contributed by atoms with E-state index in [4.69, 9.17) is 9.47 Å². The lowest BCUT2D eigenvalue weighted by molar-refractivity contribution is -0.137. The Kier molecular flexibility index (Phi) is 2.60. The maximum atomic E-state index is 11.9. The molecule has 0 aromatic heterocycles. The Bertz CT molecular complexity index is 364. The Morgan fingerprint density at radius 1 is 1.12 bits per heavy atom. The molecule has 0 radical (unpaired) electrons. The zero-order valence-corrected chi connectivity index (χ0v) is 10.2. The topological polar surface area (TPSA) is 52.6 Å². The molecule has 2 bridgehead atoms. The van der Waals surface area contributed by atoms with Crippen LogP contribution >= 0.6 is 0 Å². The summed E-state index contributed by atoms with van der Waals surface area (Å²) in [6, 6.07) is 0. The van der Waals surface area contributed by atoms with Crippen LogP contribution < -0.4 is 0 Å². The number of methoxy groups -OCH3 is 1. The van der Waals surface area contributed by atoms with Gasteiger partial charge >= 0.3 is 0 Å². The number of carbonyl (C=O) groups excluding carboxylic acids is 2. The van der Waals surface area contributed by atoms with Crippen LogP contribution in [0.25, 0.3) is 0 Å². The van der Waals surface area contributed by atoms with Crippen molar-refractivity contribution in [3.05, 3.63) is 0 Å². The van der Waals surface area contributed by atoms with Gasteiger partial charge in [-0.2, -0.15) is 0 Å². The van der Waals surface area contributed by atoms with E-state index in [9.17, 15) is 9.59 Å². The average molecular weight is 238 g/mol. The van der Waals surface area contributed by atoms with Crippen LogP contribution in [-0.4, -0.2) is 37.5 Å². The van der Waals surface area contributed by atoms with Crippen LogP contribution in [0.2, 0.25) is 0 Å². The summed E-state index contributed by atoms with van der Waals surface area (Å²) in [5.74, 6) is 0.514. The Labute approximate surface area is 101 Å². The molecule has 0 heterocycles. The van der Waals surface area contributed by atoms with E-state index in [1.54, 1.807) is 7.11 Å². The highest BCUT2D eigenvalue weighted by Gasteiger charge is 2.65. The molecule has 4 heteroatoms. The molecule has 0 spiro atoms. The van der Waals surface area contributed by atoms with Crippen LogP contribution in [0.3, 0.4) is 0 Å². The van der Waals surface area contributed by atoms with Gasteiger partial charge < -0.3 is 9.47 Å². The van der Waals surface area contributed by atoms with E-state index in [1.807, 2.05) is 6.92 Å². The molecule has 3 fully saturated rings. The highest BCUT2D eigenvalue weighted by Crippen LogP contribution is 2.57. The largest absolute Gasteiger partial charge is 0.378 e. The number of hydrogen-bond acceptors (Lipinski definition) is 4. The van der Waals surface area contributed by atoms with Crippen LogP contribution in [0.5, 0.6) is 0 Å². The van der Waals surface area contributed by atoms with E-state index in [0.29, 0.717) is 6.61 Å². The van der Waals surface area contributed by atoms with E-state index in [-0.39, 0.29) is 53.9 Å². The lowest BCUT2D eigenvalue weighted by Crippen LogP contribution is -2.45. The Balaban J connectivity index is 1.91. The molecule has 3 aliphatic carbocycles. The van der Waals surface area contributed by atoms with Crippen molar-refractivity contribution in [2.75, 3.05) is 13.7 Å². The Morgan fingerprint density at radius 3 is 2.24 bits per heavy atom. The van der Waals surface area contributed by atoms with Crippen LogP contribution in [-0.2, 0) is 19.1 Å². The highest BCUT2D eigenvalue weighted by molar-refractivity contribution is 6.09. The van der Waals surface area contributed by atoms with Crippen molar-refractivity contribution in [3.8, 4) is 0 Å². The summed E-state index contributed by atoms with van der Waals surface area (Å²) in [6.07, 6.45) is 1.05. The highest BCUT2D eigenvalue weighted by atomic mass is 16.5. The van der Waals surface area contributed by atoms with Crippen LogP contribution in [0.4, 0.5) is 0 Å². The smallest absolute Gasteiger partial charge is 0.144 e. The molecule has 0 saturated heterocycles. The molecule has 6 unspecified atom stereocenters. The first kappa shape index (κ1) is 11.4. The molecule has 0 amide bonds. The first-order valence-corrected chi connectivity index (χ1v) is 6.38. The zero-order valence-electron chi connectivity index (χ0n) is 10.2. The van der Waals surface area contributed by atoms with Gasteiger partial charge in [-0.25, -0.2) is 0 Å². The Hall–Kier alpha value is -0.740. The second kappa shape index (κ2) is 3.89. The van der Waals surface area contributed by atoms with Crippen molar-refractivity contribution < 1.29 is 19.1 Å². The van der Waals surface area contributed by atoms with Crippen LogP contribution in [0, 0.1) is 23.7 Å². The number of ether oxygens (including phenoxy) is 2. The maximum absolute atomic E-state index is 11.9. The number of fused-ring (bicyclic) bond motifs is 5. The van der Waals surface area contributed by atoms with Crippen molar-refractivity contribution in [1.29, 1.82) is 0 Å². The van der Waals surface area contributed by atoms with Gasteiger partial charge in [0, 0.05) is 25.6 Å². The summed E-state index contributed by atoms with van der Waals surface area (Å²) in [5, 5.41) is 0. The quantitative estimate of drug-likeness (QED) is 0.683. The number of ketones is 2. The second-order valence-corrected chi connectivity index (χ2v) is 5.34. The zero-order chi connectivity index (χ0) is 12.2. The molecule has 6 atom stereocenters. The lowest BCUT2D eigenvalue weighted by atomic mass is 9.78. The maximum Gasteiger partial charge on any atom is 0.144 e. The molecule has 94 valence electrons. The van der Waals surface area contributed by atoms with Gasteiger partial charge in [-0.15, -0.1) is 0 Å². The molecular formula is C13H18O4. The van der Waals surface area contributed by atoms with Crippen molar-refractivity contribution in [1.82, 2.24) is 0 Å². The molecule has 3 saturated carbocycles. The summed E-state index contributed by atoms with van der Waals surface area (Å²) >= 11 is 0. The average Bonchev–Trinajstić information content (AvgIpc) is 2.91. The van der Waals surface area contributed by atoms with Gasteiger partial charge in [0.1, 0.15) is 11.6 Å². The van der Waals surface area contributed by atoms with E-state index >= 15 is 0 Å². The SMILES string of the molecule is CCOC1C2CC(C1OC)C1C(=O)CC(=O)C21. The summed E-state index contributed by atoms with van der Waals surface area (Å²) in [4.78, 5) is 23.7. The minimum Gasteiger partial charge on any atom is -0.378 e. The molecule has 0 aliphatic heterocycles. The number of hydrogen-bond donors (Lipinski definition) is 0. The van der Waals surface area contributed by atoms with Gasteiger partial charge in [-0.3, -0.25) is 9.59 Å². The van der Waals surface area contributed by atoms with Gasteiger partial charge in [0.05, 0.1) is 18.6 Å². The molecule has 3 rings (SSSR count). The van der Waals surface area contributed by atoms with Crippen molar-refractivity contribution in [3.63, 3.8) is 0 Å². The fraction of sp³-hybridized carbons (Fsp3) is 0.846. The van der Waals surface area contributed by atoms with Gasteiger partial charge in [-0.05, 0) is 25.2 Å². The predicted octanol–water partition coefficient (Wildman–Crippen LogP) is 0.830. The standard InChI is InChI=1S/C13H18O4/c1-3-17-13-7-4-6(12(13)16-2)10-8(14)5-9(15)11(7)10/h6-7,10-13H,3-5H2,1-2H3. The van der Waals surface area contributed by atoms with E-state index < -0.39 is 0 Å². The normalized spacial score (nSPS) is 47.9. The van der Waals surface area contributed by atoms with E-state index in [2.05, 4.69) is 0 Å². The number of carbonyl (C=O) groups is 2. The molecule has 4 nitrogen and oxygen atoms in total. The van der Waals surface area contributed by atoms with Gasteiger partial charge in [0.15, 0.2) is 0 Å². The first-order chi connectivity index (χ1) is 8.19. The first-order valence-electron chi connectivity index (χ1n) is 6.38. The molecule has 0 aromatic rings. The number of rotatable bonds is 3. The Morgan fingerprint density at radius 2 is 1.71 bits per heavy atom. The fourth-order valence-corrected chi connectivity index (χ4v) is 4.31. The second-order valence-electron chi connectivity index (χ2n) is 5.34. The summed E-state index contributed by atoms with van der Waals surface area (Å²) < 4.78 is 11.3. The summed E-state index contributed by atoms with van der Waals surface area (Å²) in [6.45, 7) is 2.59. The molecule has 3 aliphatic rings. The third kappa shape index (κ3) is 1.37. The fourth-order valence-electron chi connectivity index (χ4n) is 4.31. The van der Waals surface area contributed by atoms with Gasteiger partial charge in [0.25, 0.3) is 0 Å². The minimum absolute atomic E-state index is 0.00366. The summed E-state index contributed by atoms with van der Waals surface area (Å²) in [5.41, 5.74) is 0. The van der Waals surface area contributed by atoms with Crippen LogP contribution in [0.1, 0.15) is 19.8 Å². The molecular weight excluding hydrogens is 220 g/mol. The van der Waals surface area contributed by atoms with Crippen molar-refractivity contribution in [2.24, 2.45) is 23.7 Å². The number of Topliss-reactive ketones (excluding diaryl/α,β-unsaturated/α-hetero) is 2. The van der Waals surface area contributed by atoms with Gasteiger partial charge in [-0.1, -0.05) is 0 Å². The van der Waals surface area contributed by atoms with Crippen molar-refractivity contribution in [2.45, 2.75) is 32.0 Å². The predicted molar refractivity (Wildman–Crippen MR) is 59.4 cm³/mol. The van der Waals surface area contributed by atoms with Crippen molar-refractivity contribution >= 4 is 11.6 Å². The molecule has 0 aromatic carbocycles. The summed E-state index contributed by atoms with van der Waals surface area (Å²) in [7, 11) is 1.67. The monoisotopic (exact) mass is 238 g/mol. The minimum atomic E-state index is -0.0749. The van der Waals surface area contributed by atoms with E-state index in [0.717, 1.165) is 6.42 Å². The van der Waals surface area contributed by atoms with Crippen LogP contribution in [0.15, 0.2) is 0 Å². The lowest BCUT2D eigenvalue weighted by Gasteiger charge is -2.35. The third-order valence-corrected chi connectivity index (χ3v) is 4.74. The molecule has 0 N–H and O–H groups in total. The van der Waals surface area contributed by atoms with Gasteiger partial charge in [0.2, 0.25) is 0 Å². The molecule has 17 heavy (non-hydrogen) atoms. The third-order valence-electron chi connectivity index (χ3n) is 4.74. The van der Waals surface area contributed by atoms with E-state index in [1.165, 1.54) is 0 Å².